The van der Waals surface area contributed by atoms with Gasteiger partial charge in [0.2, 0.25) is 0 Å². The zero-order valence-electron chi connectivity index (χ0n) is 13.5. The summed E-state index contributed by atoms with van der Waals surface area (Å²) in [6, 6.07) is 7.97. The van der Waals surface area contributed by atoms with E-state index in [1.807, 2.05) is 31.2 Å². The minimum absolute atomic E-state index is 0.208. The molecule has 0 aliphatic carbocycles. The van der Waals surface area contributed by atoms with E-state index < -0.39 is 25.7 Å². The molecule has 1 N–H and O–H groups in total. The zero-order chi connectivity index (χ0) is 16.8. The van der Waals surface area contributed by atoms with Crippen LogP contribution in [0.2, 0.25) is 0 Å². The molecule has 0 radical (unpaired) electrons. The van der Waals surface area contributed by atoms with E-state index >= 15 is 0 Å². The Morgan fingerprint density at radius 1 is 1.09 bits per heavy atom. The van der Waals surface area contributed by atoms with E-state index in [-0.39, 0.29) is 12.2 Å². The maximum Gasteiger partial charge on any atom is 0.270 e. The van der Waals surface area contributed by atoms with Gasteiger partial charge in [-0.1, -0.05) is 44.5 Å². The fraction of sp³-hybridized carbons (Fsp3) is 0.625. The molecule has 0 saturated carbocycles. The maximum atomic E-state index is 12.2. The van der Waals surface area contributed by atoms with E-state index in [9.17, 15) is 17.2 Å². The van der Waals surface area contributed by atoms with E-state index in [2.05, 4.69) is 6.92 Å². The number of rotatable bonds is 9. The lowest BCUT2D eigenvalue weighted by Gasteiger charge is -2.25. The molecule has 2 unspecified atom stereocenters. The second kappa shape index (κ2) is 8.22. The Morgan fingerprint density at radius 3 is 2.09 bits per heavy atom. The number of aryl methyl sites for hydroxylation is 1. The highest BCUT2D eigenvalue weighted by atomic mass is 32.2. The van der Waals surface area contributed by atoms with E-state index in [4.69, 9.17) is 0 Å². The Balaban J connectivity index is 2.64. The van der Waals surface area contributed by atoms with Crippen LogP contribution in [0, 0.1) is 0 Å². The molecular weight excluding hydrogens is 320 g/mol. The Hall–Kier alpha value is -0.720. The molecule has 22 heavy (non-hydrogen) atoms. The smallest absolute Gasteiger partial charge is 0.270 e. The molecule has 2 atom stereocenters. The van der Waals surface area contributed by atoms with Gasteiger partial charge in [-0.15, -0.1) is 0 Å². The van der Waals surface area contributed by atoms with Crippen LogP contribution in [0.1, 0.15) is 51.2 Å². The molecule has 6 heteroatoms. The summed E-state index contributed by atoms with van der Waals surface area (Å²) < 4.78 is 43.5. The van der Waals surface area contributed by atoms with E-state index in [0.717, 1.165) is 12.0 Å². The first kappa shape index (κ1) is 19.3. The minimum atomic E-state index is -4.14. The monoisotopic (exact) mass is 346 g/mol. The molecule has 0 aliphatic heterocycles. The third kappa shape index (κ3) is 5.48. The fourth-order valence-electron chi connectivity index (χ4n) is 2.37. The molecule has 0 heterocycles. The summed E-state index contributed by atoms with van der Waals surface area (Å²) in [6.07, 6.45) is 2.20. The predicted molar refractivity (Wildman–Crippen MR) is 92.0 cm³/mol. The van der Waals surface area contributed by atoms with Crippen LogP contribution in [0.3, 0.4) is 0 Å². The third-order valence-electron chi connectivity index (χ3n) is 4.02. The van der Waals surface area contributed by atoms with Gasteiger partial charge in [-0.3, -0.25) is 8.76 Å². The molecule has 0 aliphatic rings. The van der Waals surface area contributed by atoms with Crippen molar-refractivity contribution in [2.24, 2.45) is 0 Å². The zero-order valence-corrected chi connectivity index (χ0v) is 15.2. The highest BCUT2D eigenvalue weighted by Gasteiger charge is 2.37. The van der Waals surface area contributed by atoms with Gasteiger partial charge >= 0.3 is 0 Å². The van der Waals surface area contributed by atoms with Gasteiger partial charge in [-0.25, -0.2) is 0 Å². The molecule has 0 fully saturated rings. The Morgan fingerprint density at radius 2 is 1.64 bits per heavy atom. The highest BCUT2D eigenvalue weighted by Crippen LogP contribution is 2.27. The van der Waals surface area contributed by atoms with Crippen LogP contribution in [0.15, 0.2) is 24.3 Å². The summed E-state index contributed by atoms with van der Waals surface area (Å²) in [4.78, 5) is 0. The molecule has 0 amide bonds. The fourth-order valence-corrected chi connectivity index (χ4v) is 4.71. The van der Waals surface area contributed by atoms with Gasteiger partial charge in [0.15, 0.2) is 0 Å². The van der Waals surface area contributed by atoms with Gasteiger partial charge in [-0.2, -0.15) is 8.42 Å². The van der Waals surface area contributed by atoms with Gasteiger partial charge in [0, 0.05) is 22.3 Å². The third-order valence-corrected chi connectivity index (χ3v) is 6.99. The molecule has 1 aromatic rings. The van der Waals surface area contributed by atoms with Crippen molar-refractivity contribution < 1.29 is 17.2 Å². The summed E-state index contributed by atoms with van der Waals surface area (Å²) in [5.74, 6) is 0.684. The van der Waals surface area contributed by atoms with Crippen molar-refractivity contribution in [3.05, 3.63) is 35.4 Å². The van der Waals surface area contributed by atoms with Crippen molar-refractivity contribution >= 4 is 20.9 Å². The quantitative estimate of drug-likeness (QED) is 0.696. The van der Waals surface area contributed by atoms with Crippen LogP contribution in [0.4, 0.5) is 0 Å². The average molecular weight is 347 g/mol. The maximum absolute atomic E-state index is 12.2. The summed E-state index contributed by atoms with van der Waals surface area (Å²) in [6.45, 7) is 5.48. The van der Waals surface area contributed by atoms with Crippen LogP contribution < -0.4 is 0 Å². The number of benzene rings is 1. The average Bonchev–Trinajstić information content (AvgIpc) is 2.45. The molecule has 0 aromatic heterocycles. The van der Waals surface area contributed by atoms with Gasteiger partial charge in [0.05, 0.1) is 4.75 Å². The van der Waals surface area contributed by atoms with E-state index in [1.54, 1.807) is 0 Å². The van der Waals surface area contributed by atoms with E-state index in [1.165, 1.54) is 12.5 Å². The lowest BCUT2D eigenvalue weighted by Crippen LogP contribution is -2.36. The lowest BCUT2D eigenvalue weighted by molar-refractivity contribution is 0.411. The van der Waals surface area contributed by atoms with Crippen LogP contribution in [0.25, 0.3) is 0 Å². The molecule has 0 spiro atoms. The molecule has 0 saturated heterocycles. The Bertz CT molecular complexity index is 593. The Kier molecular flexibility index (Phi) is 7.22. The number of hydrogen-bond donors (Lipinski definition) is 1. The number of hydrogen-bond acceptors (Lipinski definition) is 3. The van der Waals surface area contributed by atoms with Gasteiger partial charge in [0.25, 0.3) is 10.1 Å². The lowest BCUT2D eigenvalue weighted by atomic mass is 10.0. The summed E-state index contributed by atoms with van der Waals surface area (Å²) >= 11 is 0. The first-order valence-corrected chi connectivity index (χ1v) is 10.5. The molecule has 0 bridgehead atoms. The van der Waals surface area contributed by atoms with E-state index in [0.29, 0.717) is 18.6 Å². The first-order valence-electron chi connectivity index (χ1n) is 7.61. The van der Waals surface area contributed by atoms with Gasteiger partial charge in [-0.05, 0) is 37.3 Å². The largest absolute Gasteiger partial charge is 0.285 e. The van der Waals surface area contributed by atoms with Crippen molar-refractivity contribution in [2.45, 2.75) is 57.0 Å². The molecule has 1 rings (SSSR count). The summed E-state index contributed by atoms with van der Waals surface area (Å²) in [7, 11) is -5.28. The van der Waals surface area contributed by atoms with Crippen molar-refractivity contribution in [3.8, 4) is 0 Å². The normalized spacial score (nSPS) is 16.2. The highest BCUT2D eigenvalue weighted by molar-refractivity contribution is 7.87. The molecule has 1 aromatic carbocycles. The SMILES string of the molecule is CCCC(C)(CCS(=O)Cc1ccc(CC)cc1)S(=O)(=O)O. The topological polar surface area (TPSA) is 71.4 Å². The Labute approximate surface area is 136 Å². The van der Waals surface area contributed by atoms with Crippen LogP contribution in [-0.2, 0) is 33.1 Å². The summed E-state index contributed by atoms with van der Waals surface area (Å²) in [5, 5.41) is 0. The van der Waals surface area contributed by atoms with Crippen LogP contribution >= 0.6 is 0 Å². The van der Waals surface area contributed by atoms with Crippen LogP contribution in [0.5, 0.6) is 0 Å². The van der Waals surface area contributed by atoms with Crippen molar-refractivity contribution in [2.75, 3.05) is 5.75 Å². The molecule has 126 valence electrons. The van der Waals surface area contributed by atoms with Gasteiger partial charge in [0.1, 0.15) is 0 Å². The van der Waals surface area contributed by atoms with Crippen molar-refractivity contribution in [1.29, 1.82) is 0 Å². The summed E-state index contributed by atoms with van der Waals surface area (Å²) in [5.41, 5.74) is 2.22. The second-order valence-electron chi connectivity index (χ2n) is 5.88. The first-order chi connectivity index (χ1) is 10.2. The standard InChI is InChI=1S/C16H26O4S2/c1-4-10-16(3,22(18,19)20)11-12-21(17)13-15-8-6-14(5-2)7-9-15/h6-9H,4-5,10-13H2,1-3H3,(H,18,19,20). The molecule has 4 nitrogen and oxygen atoms in total. The van der Waals surface area contributed by atoms with Crippen molar-refractivity contribution in [1.82, 2.24) is 0 Å². The molecular formula is C16H26O4S2. The predicted octanol–water partition coefficient (Wildman–Crippen LogP) is 3.33. The minimum Gasteiger partial charge on any atom is -0.285 e. The van der Waals surface area contributed by atoms with Gasteiger partial charge < -0.3 is 0 Å². The van der Waals surface area contributed by atoms with Crippen LogP contribution in [-0.4, -0.2) is 27.7 Å². The second-order valence-corrected chi connectivity index (χ2v) is 9.40. The van der Waals surface area contributed by atoms with Crippen molar-refractivity contribution in [3.63, 3.8) is 0 Å².